The average molecular weight is 240 g/mol. The number of aromatic nitrogens is 2. The summed E-state index contributed by atoms with van der Waals surface area (Å²) < 4.78 is 0. The summed E-state index contributed by atoms with van der Waals surface area (Å²) in [5.41, 5.74) is 0. The second-order valence-electron chi connectivity index (χ2n) is 4.21. The fourth-order valence-electron chi connectivity index (χ4n) is 2.02. The maximum absolute atomic E-state index is 4.16. The van der Waals surface area contributed by atoms with Gasteiger partial charge in [0, 0.05) is 19.1 Å². The number of hydrogen-bond donors (Lipinski definition) is 1. The Morgan fingerprint density at radius 3 is 2.62 bits per heavy atom. The van der Waals surface area contributed by atoms with Crippen LogP contribution < -0.4 is 5.32 Å². The van der Waals surface area contributed by atoms with E-state index in [4.69, 9.17) is 0 Å². The van der Waals surface area contributed by atoms with Gasteiger partial charge in [-0.2, -0.15) is 0 Å². The van der Waals surface area contributed by atoms with Gasteiger partial charge in [-0.1, -0.05) is 25.2 Å². The summed E-state index contributed by atoms with van der Waals surface area (Å²) in [5.74, 6) is 0. The van der Waals surface area contributed by atoms with Crippen molar-refractivity contribution in [2.24, 2.45) is 0 Å². The lowest BCUT2D eigenvalue weighted by molar-refractivity contribution is 0.229. The number of hydrogen-bond acceptors (Lipinski definition) is 5. The first-order chi connectivity index (χ1) is 7.81. The minimum Gasteiger partial charge on any atom is -0.357 e. The molecule has 1 aromatic rings. The number of nitrogens with one attached hydrogen (secondary N) is 1. The molecule has 16 heavy (non-hydrogen) atoms. The van der Waals surface area contributed by atoms with Crippen molar-refractivity contribution in [3.63, 3.8) is 0 Å². The Hall–Kier alpha value is -0.680. The normalized spacial score (nSPS) is 18.9. The Morgan fingerprint density at radius 2 is 2.06 bits per heavy atom. The van der Waals surface area contributed by atoms with Gasteiger partial charge in [0.15, 0.2) is 0 Å². The van der Waals surface area contributed by atoms with Crippen LogP contribution in [0.2, 0.25) is 0 Å². The highest BCUT2D eigenvalue weighted by atomic mass is 32.1. The van der Waals surface area contributed by atoms with Gasteiger partial charge in [-0.15, -0.1) is 10.2 Å². The molecule has 0 aromatic carbocycles. The van der Waals surface area contributed by atoms with Crippen LogP contribution >= 0.6 is 11.3 Å². The summed E-state index contributed by atoms with van der Waals surface area (Å²) in [6, 6.07) is 0.584. The first-order valence-corrected chi connectivity index (χ1v) is 6.94. The highest BCUT2D eigenvalue weighted by Gasteiger charge is 2.18. The first-order valence-electron chi connectivity index (χ1n) is 6.13. The predicted octanol–water partition coefficient (Wildman–Crippen LogP) is 2.00. The van der Waals surface area contributed by atoms with E-state index in [0.717, 1.165) is 16.6 Å². The van der Waals surface area contributed by atoms with Gasteiger partial charge in [0.25, 0.3) is 0 Å². The molecule has 0 unspecified atom stereocenters. The van der Waals surface area contributed by atoms with E-state index in [1.54, 1.807) is 11.3 Å². The van der Waals surface area contributed by atoms with Crippen LogP contribution in [0.5, 0.6) is 0 Å². The number of likely N-dealkylation sites (tertiary alicyclic amines) is 1. The Kier molecular flexibility index (Phi) is 4.12. The van der Waals surface area contributed by atoms with Crippen molar-refractivity contribution in [1.82, 2.24) is 15.1 Å². The molecule has 0 radical (unpaired) electrons. The largest absolute Gasteiger partial charge is 0.357 e. The number of anilines is 1. The summed E-state index contributed by atoms with van der Waals surface area (Å²) in [7, 11) is 0. The fraction of sp³-hybridized carbons (Fsp3) is 0.818. The molecule has 1 aliphatic rings. The number of nitrogens with zero attached hydrogens (tertiary/aromatic N) is 3. The van der Waals surface area contributed by atoms with E-state index >= 15 is 0 Å². The highest BCUT2D eigenvalue weighted by molar-refractivity contribution is 7.15. The van der Waals surface area contributed by atoms with E-state index in [9.17, 15) is 0 Å². The molecule has 0 atom stereocenters. The predicted molar refractivity (Wildman–Crippen MR) is 68.0 cm³/mol. The van der Waals surface area contributed by atoms with Crippen molar-refractivity contribution in [2.45, 2.75) is 39.2 Å². The molecule has 5 heteroatoms. The number of aryl methyl sites for hydroxylation is 1. The number of piperidine rings is 1. The third kappa shape index (κ3) is 2.92. The first kappa shape index (κ1) is 11.8. The van der Waals surface area contributed by atoms with Crippen molar-refractivity contribution in [2.75, 3.05) is 25.0 Å². The second-order valence-corrected chi connectivity index (χ2v) is 5.27. The van der Waals surface area contributed by atoms with Crippen LogP contribution in [0, 0.1) is 0 Å². The van der Waals surface area contributed by atoms with Crippen molar-refractivity contribution in [3.8, 4) is 0 Å². The van der Waals surface area contributed by atoms with Crippen LogP contribution in [0.4, 0.5) is 5.13 Å². The van der Waals surface area contributed by atoms with Crippen molar-refractivity contribution in [1.29, 1.82) is 0 Å². The van der Waals surface area contributed by atoms with Gasteiger partial charge in [-0.25, -0.2) is 0 Å². The van der Waals surface area contributed by atoms with Gasteiger partial charge in [0.05, 0.1) is 0 Å². The molecule has 0 spiro atoms. The molecule has 0 bridgehead atoms. The second kappa shape index (κ2) is 5.59. The maximum Gasteiger partial charge on any atom is 0.205 e. The molecule has 1 saturated heterocycles. The van der Waals surface area contributed by atoms with Crippen molar-refractivity contribution >= 4 is 16.5 Å². The minimum absolute atomic E-state index is 0.584. The van der Waals surface area contributed by atoms with Crippen LogP contribution in [-0.2, 0) is 6.42 Å². The van der Waals surface area contributed by atoms with Gasteiger partial charge in [-0.05, 0) is 25.8 Å². The monoisotopic (exact) mass is 240 g/mol. The molecule has 0 saturated carbocycles. The van der Waals surface area contributed by atoms with Gasteiger partial charge in [0.1, 0.15) is 5.01 Å². The third-order valence-electron chi connectivity index (χ3n) is 3.13. The molecular weight excluding hydrogens is 220 g/mol. The molecule has 2 rings (SSSR count). The molecule has 1 aliphatic heterocycles. The maximum atomic E-state index is 4.16. The summed E-state index contributed by atoms with van der Waals surface area (Å²) in [6.45, 7) is 7.92. The Labute approximate surface area is 101 Å². The molecule has 90 valence electrons. The summed E-state index contributed by atoms with van der Waals surface area (Å²) in [6.07, 6.45) is 3.41. The van der Waals surface area contributed by atoms with E-state index in [0.29, 0.717) is 6.04 Å². The smallest absolute Gasteiger partial charge is 0.205 e. The van der Waals surface area contributed by atoms with Crippen LogP contribution in [0.3, 0.4) is 0 Å². The zero-order chi connectivity index (χ0) is 11.4. The van der Waals surface area contributed by atoms with Crippen molar-refractivity contribution in [3.05, 3.63) is 5.01 Å². The van der Waals surface area contributed by atoms with E-state index < -0.39 is 0 Å². The SMILES string of the molecule is CCc1nnc(NC2CCN(CC)CC2)s1. The van der Waals surface area contributed by atoms with Gasteiger partial charge in [-0.3, -0.25) is 0 Å². The molecular formula is C11H20N4S. The van der Waals surface area contributed by atoms with Crippen LogP contribution in [0.1, 0.15) is 31.7 Å². The lowest BCUT2D eigenvalue weighted by Crippen LogP contribution is -2.38. The van der Waals surface area contributed by atoms with E-state index in [2.05, 4.69) is 34.3 Å². The zero-order valence-corrected chi connectivity index (χ0v) is 10.9. The van der Waals surface area contributed by atoms with E-state index in [1.807, 2.05) is 0 Å². The van der Waals surface area contributed by atoms with Gasteiger partial charge >= 0.3 is 0 Å². The third-order valence-corrected chi connectivity index (χ3v) is 4.13. The fourth-order valence-corrected chi connectivity index (χ4v) is 2.78. The molecule has 4 nitrogen and oxygen atoms in total. The standard InChI is InChI=1S/C11H20N4S/c1-3-10-13-14-11(16-10)12-9-5-7-15(4-2)8-6-9/h9H,3-8H2,1-2H3,(H,12,14). The Morgan fingerprint density at radius 1 is 1.31 bits per heavy atom. The van der Waals surface area contributed by atoms with E-state index in [1.165, 1.54) is 32.5 Å². The Balaban J connectivity index is 1.82. The summed E-state index contributed by atoms with van der Waals surface area (Å²) >= 11 is 1.69. The summed E-state index contributed by atoms with van der Waals surface area (Å²) in [5, 5.41) is 13.9. The summed E-state index contributed by atoms with van der Waals surface area (Å²) in [4.78, 5) is 2.50. The topological polar surface area (TPSA) is 41.1 Å². The van der Waals surface area contributed by atoms with Crippen molar-refractivity contribution < 1.29 is 0 Å². The lowest BCUT2D eigenvalue weighted by Gasteiger charge is -2.31. The minimum atomic E-state index is 0.584. The molecule has 2 heterocycles. The molecule has 1 fully saturated rings. The average Bonchev–Trinajstić information content (AvgIpc) is 2.78. The molecule has 1 aromatic heterocycles. The van der Waals surface area contributed by atoms with Gasteiger partial charge < -0.3 is 10.2 Å². The van der Waals surface area contributed by atoms with Crippen LogP contribution in [0.15, 0.2) is 0 Å². The van der Waals surface area contributed by atoms with Gasteiger partial charge in [0.2, 0.25) is 5.13 Å². The Bertz CT molecular complexity index is 318. The highest BCUT2D eigenvalue weighted by Crippen LogP contribution is 2.20. The molecule has 0 aliphatic carbocycles. The zero-order valence-electron chi connectivity index (χ0n) is 10.1. The lowest BCUT2D eigenvalue weighted by atomic mass is 10.1. The molecule has 1 N–H and O–H groups in total. The quantitative estimate of drug-likeness (QED) is 0.874. The van der Waals surface area contributed by atoms with E-state index in [-0.39, 0.29) is 0 Å². The van der Waals surface area contributed by atoms with Crippen LogP contribution in [-0.4, -0.2) is 40.8 Å². The van der Waals surface area contributed by atoms with Crippen LogP contribution in [0.25, 0.3) is 0 Å². The molecule has 0 amide bonds. The number of rotatable bonds is 4.